The number of rotatable bonds is 3. The number of thiazole rings is 1. The smallest absolute Gasteiger partial charge is 0.294 e. The molecule has 23 heavy (non-hydrogen) atoms. The first-order chi connectivity index (χ1) is 10.8. The lowest BCUT2D eigenvalue weighted by Gasteiger charge is -2.05. The van der Waals surface area contributed by atoms with Crippen molar-refractivity contribution in [1.82, 2.24) is 4.57 Å². The number of halogens is 1. The Morgan fingerprint density at radius 2 is 1.96 bits per heavy atom. The number of thiophene rings is 1. The zero-order valence-electron chi connectivity index (χ0n) is 12.5. The Balaban J connectivity index is 2.29. The summed E-state index contributed by atoms with van der Waals surface area (Å²) in [7, 11) is -0.427. The molecule has 0 spiro atoms. The fourth-order valence-corrected chi connectivity index (χ4v) is 5.98. The highest BCUT2D eigenvalue weighted by molar-refractivity contribution is 7.92. The van der Waals surface area contributed by atoms with Gasteiger partial charge in [0.25, 0.3) is 10.0 Å². The summed E-state index contributed by atoms with van der Waals surface area (Å²) in [4.78, 5) is 0.386. The van der Waals surface area contributed by atoms with Crippen molar-refractivity contribution in [2.45, 2.75) is 11.1 Å². The van der Waals surface area contributed by atoms with Crippen molar-refractivity contribution in [3.05, 3.63) is 39.0 Å². The summed E-state index contributed by atoms with van der Waals surface area (Å²) < 4.78 is 37.4. The maximum absolute atomic E-state index is 12.4. The third-order valence-electron chi connectivity index (χ3n) is 3.33. The van der Waals surface area contributed by atoms with Gasteiger partial charge in [-0.3, -0.25) is 0 Å². The number of nitrogens with zero attached hydrogens (tertiary/aromatic N) is 2. The van der Waals surface area contributed by atoms with E-state index in [1.807, 2.05) is 19.1 Å². The van der Waals surface area contributed by atoms with E-state index in [4.69, 9.17) is 16.3 Å². The molecule has 0 radical (unpaired) electrons. The monoisotopic (exact) mass is 388 g/mol. The van der Waals surface area contributed by atoms with Crippen molar-refractivity contribution in [3.8, 4) is 5.75 Å². The molecule has 0 bridgehead atoms. The molecule has 0 atom stereocenters. The third kappa shape index (κ3) is 2.91. The second kappa shape index (κ2) is 5.94. The molecule has 2 heterocycles. The number of methoxy groups -OCH3 is 1. The van der Waals surface area contributed by atoms with Crippen molar-refractivity contribution >= 4 is 54.5 Å². The van der Waals surface area contributed by atoms with Crippen LogP contribution >= 0.6 is 34.3 Å². The molecule has 0 aliphatic carbocycles. The molecule has 0 aliphatic rings. The molecule has 0 saturated heterocycles. The van der Waals surface area contributed by atoms with E-state index in [0.717, 1.165) is 27.1 Å². The Hall–Kier alpha value is -1.35. The van der Waals surface area contributed by atoms with Gasteiger partial charge in [-0.25, -0.2) is 0 Å². The van der Waals surface area contributed by atoms with Crippen molar-refractivity contribution in [3.63, 3.8) is 0 Å². The average molecular weight is 389 g/mol. The van der Waals surface area contributed by atoms with E-state index >= 15 is 0 Å². The molecule has 0 amide bonds. The molecule has 2 aromatic heterocycles. The molecule has 0 unspecified atom stereocenters. The van der Waals surface area contributed by atoms with Gasteiger partial charge in [0, 0.05) is 7.05 Å². The molecular weight excluding hydrogens is 376 g/mol. The largest absolute Gasteiger partial charge is 0.495 e. The van der Waals surface area contributed by atoms with Crippen LogP contribution in [-0.2, 0) is 17.1 Å². The molecule has 0 fully saturated rings. The van der Waals surface area contributed by atoms with E-state index in [2.05, 4.69) is 4.40 Å². The molecule has 122 valence electrons. The molecule has 5 nitrogen and oxygen atoms in total. The van der Waals surface area contributed by atoms with Crippen LogP contribution < -0.4 is 9.54 Å². The molecule has 1 aromatic carbocycles. The molecule has 0 saturated carbocycles. The molecule has 9 heteroatoms. The number of fused-ring (bicyclic) bond motifs is 1. The van der Waals surface area contributed by atoms with Gasteiger partial charge in [0.1, 0.15) is 15.5 Å². The Kier molecular flexibility index (Phi) is 4.26. The summed E-state index contributed by atoms with van der Waals surface area (Å²) >= 11 is 8.13. The van der Waals surface area contributed by atoms with Crippen molar-refractivity contribution in [1.29, 1.82) is 0 Å². The molecule has 0 N–H and O–H groups in total. The fraction of sp³-hybridized carbons (Fsp3) is 0.214. The van der Waals surface area contributed by atoms with Crippen molar-refractivity contribution in [2.24, 2.45) is 11.4 Å². The number of ether oxygens (including phenoxy) is 1. The Morgan fingerprint density at radius 3 is 2.57 bits per heavy atom. The van der Waals surface area contributed by atoms with Crippen LogP contribution in [0.4, 0.5) is 0 Å². The maximum atomic E-state index is 12.4. The van der Waals surface area contributed by atoms with E-state index in [1.165, 1.54) is 17.4 Å². The summed E-state index contributed by atoms with van der Waals surface area (Å²) in [6.45, 7) is 1.97. The first kappa shape index (κ1) is 16.5. The lowest BCUT2D eigenvalue weighted by atomic mass is 10.2. The van der Waals surface area contributed by atoms with Crippen LogP contribution in [0.3, 0.4) is 0 Å². The number of hydrogen-bond acceptors (Lipinski definition) is 5. The second-order valence-electron chi connectivity index (χ2n) is 4.83. The minimum Gasteiger partial charge on any atom is -0.495 e. The second-order valence-corrected chi connectivity index (χ2v) is 9.35. The number of benzene rings is 1. The van der Waals surface area contributed by atoms with Crippen LogP contribution in [-0.4, -0.2) is 20.1 Å². The first-order valence-electron chi connectivity index (χ1n) is 6.53. The summed E-state index contributed by atoms with van der Waals surface area (Å²) in [6, 6.07) is 6.81. The van der Waals surface area contributed by atoms with Crippen LogP contribution in [0.1, 0.15) is 5.56 Å². The Labute approximate surface area is 146 Å². The summed E-state index contributed by atoms with van der Waals surface area (Å²) in [5.74, 6) is 0.683. The van der Waals surface area contributed by atoms with Gasteiger partial charge in [-0.1, -0.05) is 29.0 Å². The SMILES string of the molecule is COc1ccc(C)c2sc(=NS(=O)(=O)c3ccc(Cl)s3)n(C)c12. The predicted octanol–water partition coefficient (Wildman–Crippen LogP) is 3.56. The predicted molar refractivity (Wildman–Crippen MR) is 94.2 cm³/mol. The lowest BCUT2D eigenvalue weighted by molar-refractivity contribution is 0.417. The average Bonchev–Trinajstić information content (AvgIpc) is 3.06. The first-order valence-corrected chi connectivity index (χ1v) is 9.98. The van der Waals surface area contributed by atoms with Crippen molar-refractivity contribution < 1.29 is 13.2 Å². The van der Waals surface area contributed by atoms with Gasteiger partial charge in [0.2, 0.25) is 4.80 Å². The minimum atomic E-state index is -3.79. The molecule has 0 aliphatic heterocycles. The van der Waals surface area contributed by atoms with Gasteiger partial charge in [-0.05, 0) is 30.7 Å². The summed E-state index contributed by atoms with van der Waals surface area (Å²) in [5, 5.41) is 0. The quantitative estimate of drug-likeness (QED) is 0.689. The lowest BCUT2D eigenvalue weighted by Crippen LogP contribution is -2.13. The van der Waals surface area contributed by atoms with Gasteiger partial charge in [0.15, 0.2) is 0 Å². The van der Waals surface area contributed by atoms with E-state index in [0.29, 0.717) is 14.9 Å². The highest BCUT2D eigenvalue weighted by Crippen LogP contribution is 2.30. The van der Waals surface area contributed by atoms with Crippen LogP contribution in [0, 0.1) is 6.92 Å². The topological polar surface area (TPSA) is 60.7 Å². The Morgan fingerprint density at radius 1 is 1.22 bits per heavy atom. The third-order valence-corrected chi connectivity index (χ3v) is 7.68. The van der Waals surface area contributed by atoms with E-state index < -0.39 is 10.0 Å². The zero-order chi connectivity index (χ0) is 16.8. The van der Waals surface area contributed by atoms with Gasteiger partial charge >= 0.3 is 0 Å². The van der Waals surface area contributed by atoms with Crippen molar-refractivity contribution in [2.75, 3.05) is 7.11 Å². The molecular formula is C14H13ClN2O3S3. The zero-order valence-corrected chi connectivity index (χ0v) is 15.7. The number of aryl methyl sites for hydroxylation is 2. The van der Waals surface area contributed by atoms with Crippen LogP contribution in [0.2, 0.25) is 4.34 Å². The van der Waals surface area contributed by atoms with Gasteiger partial charge in [-0.2, -0.15) is 8.42 Å². The van der Waals surface area contributed by atoms with E-state index in [9.17, 15) is 8.42 Å². The normalized spacial score (nSPS) is 13.0. The number of hydrogen-bond donors (Lipinski definition) is 0. The standard InChI is InChI=1S/C14H13ClN2O3S3/c1-8-4-5-9(20-3)12-13(8)22-14(17(12)2)16-23(18,19)11-7-6-10(15)21-11/h4-7H,1-3H3. The minimum absolute atomic E-state index is 0.128. The highest BCUT2D eigenvalue weighted by Gasteiger charge is 2.18. The van der Waals surface area contributed by atoms with Crippen LogP contribution in [0.5, 0.6) is 5.75 Å². The van der Waals surface area contributed by atoms with Crippen LogP contribution in [0.25, 0.3) is 10.2 Å². The van der Waals surface area contributed by atoms with Gasteiger partial charge < -0.3 is 9.30 Å². The van der Waals surface area contributed by atoms with Crippen LogP contribution in [0.15, 0.2) is 32.9 Å². The van der Waals surface area contributed by atoms with Gasteiger partial charge in [-0.15, -0.1) is 15.7 Å². The van der Waals surface area contributed by atoms with E-state index in [1.54, 1.807) is 24.8 Å². The molecule has 3 rings (SSSR count). The van der Waals surface area contributed by atoms with E-state index in [-0.39, 0.29) is 4.21 Å². The van der Waals surface area contributed by atoms with Gasteiger partial charge in [0.05, 0.1) is 16.1 Å². The fourth-order valence-electron chi connectivity index (χ4n) is 2.18. The number of aromatic nitrogens is 1. The number of sulfonamides is 1. The maximum Gasteiger partial charge on any atom is 0.294 e. The Bertz CT molecular complexity index is 1060. The summed E-state index contributed by atoms with van der Waals surface area (Å²) in [5.41, 5.74) is 1.87. The molecule has 3 aromatic rings. The highest BCUT2D eigenvalue weighted by atomic mass is 35.5. The summed E-state index contributed by atoms with van der Waals surface area (Å²) in [6.07, 6.45) is 0.